The molecule has 0 heterocycles. The zero-order chi connectivity index (χ0) is 23.1. The van der Waals surface area contributed by atoms with Crippen LogP contribution in [0.25, 0.3) is 0 Å². The second kappa shape index (κ2) is 10.4. The van der Waals surface area contributed by atoms with Crippen LogP contribution in [0.1, 0.15) is 48.0 Å². The normalized spacial score (nSPS) is 14.6. The zero-order valence-corrected chi connectivity index (χ0v) is 17.5. The highest BCUT2D eigenvalue weighted by Crippen LogP contribution is 2.28. The Morgan fingerprint density at radius 1 is 0.906 bits per heavy atom. The van der Waals surface area contributed by atoms with E-state index in [0.29, 0.717) is 6.54 Å². The molecular formula is C24H25F3N2O3. The minimum absolute atomic E-state index is 0.0120. The summed E-state index contributed by atoms with van der Waals surface area (Å²) in [6.45, 7) is -0.424. The predicted molar refractivity (Wildman–Crippen MR) is 114 cm³/mol. The highest BCUT2D eigenvalue weighted by Gasteiger charge is 2.38. The molecule has 1 aliphatic carbocycles. The molecule has 0 radical (unpaired) electrons. The number of Topliss-reactive ketones (excluding diaryl/α,β-unsaturated/α-hetero) is 1. The smallest absolute Gasteiger partial charge is 0.341 e. The van der Waals surface area contributed by atoms with Crippen molar-refractivity contribution >= 4 is 23.3 Å². The molecule has 32 heavy (non-hydrogen) atoms. The first-order valence-electron chi connectivity index (χ1n) is 10.6. The number of para-hydroxylation sites is 1. The largest absolute Gasteiger partial charge is 0.471 e. The molecule has 2 amide bonds. The van der Waals surface area contributed by atoms with Crippen molar-refractivity contribution < 1.29 is 27.6 Å². The number of anilines is 1. The molecule has 3 rings (SSSR count). The highest BCUT2D eigenvalue weighted by molar-refractivity contribution is 6.00. The van der Waals surface area contributed by atoms with Crippen molar-refractivity contribution in [3.05, 3.63) is 65.7 Å². The lowest BCUT2D eigenvalue weighted by molar-refractivity contribution is -0.173. The minimum atomic E-state index is -5.03. The molecule has 0 aromatic heterocycles. The summed E-state index contributed by atoms with van der Waals surface area (Å²) in [5, 5.41) is 1.57. The standard InChI is InChI=1S/C24H25F3N2O3/c25-24(26,27)23(32)28-15-21(30)18-13-11-17(12-14-18)16-29(20-9-5-2-6-10-20)22(31)19-7-3-1-4-8-19/h2,5-6,9-14,19H,1,3-4,7-8,15-16H2,(H,28,32). The van der Waals surface area contributed by atoms with Gasteiger partial charge in [-0.15, -0.1) is 0 Å². The van der Waals surface area contributed by atoms with Gasteiger partial charge in [0.1, 0.15) is 0 Å². The van der Waals surface area contributed by atoms with E-state index in [1.54, 1.807) is 22.3 Å². The first-order chi connectivity index (χ1) is 15.3. The Balaban J connectivity index is 1.69. The number of alkyl halides is 3. The van der Waals surface area contributed by atoms with Crippen molar-refractivity contribution in [1.82, 2.24) is 5.32 Å². The fourth-order valence-electron chi connectivity index (χ4n) is 3.82. The second-order valence-corrected chi connectivity index (χ2v) is 7.90. The van der Waals surface area contributed by atoms with Gasteiger partial charge in [-0.1, -0.05) is 61.7 Å². The van der Waals surface area contributed by atoms with Gasteiger partial charge in [-0.3, -0.25) is 14.4 Å². The third-order valence-electron chi connectivity index (χ3n) is 5.57. The van der Waals surface area contributed by atoms with Crippen molar-refractivity contribution in [2.24, 2.45) is 5.92 Å². The topological polar surface area (TPSA) is 66.5 Å². The Hall–Kier alpha value is -3.16. The molecule has 1 N–H and O–H groups in total. The number of carbonyl (C=O) groups is 3. The van der Waals surface area contributed by atoms with Gasteiger partial charge in [-0.05, 0) is 30.5 Å². The van der Waals surface area contributed by atoms with E-state index in [1.165, 1.54) is 12.1 Å². The average molecular weight is 446 g/mol. The predicted octanol–water partition coefficient (Wildman–Crippen LogP) is 4.66. The molecule has 0 aliphatic heterocycles. The average Bonchev–Trinajstić information content (AvgIpc) is 2.81. The van der Waals surface area contributed by atoms with Crippen LogP contribution < -0.4 is 10.2 Å². The highest BCUT2D eigenvalue weighted by atomic mass is 19.4. The van der Waals surface area contributed by atoms with Crippen molar-refractivity contribution in [2.75, 3.05) is 11.4 Å². The number of carbonyl (C=O) groups excluding carboxylic acids is 3. The summed E-state index contributed by atoms with van der Waals surface area (Å²) < 4.78 is 36.8. The molecule has 0 unspecified atom stereocenters. The van der Waals surface area contributed by atoms with Gasteiger partial charge < -0.3 is 10.2 Å². The van der Waals surface area contributed by atoms with Crippen LogP contribution in [0.4, 0.5) is 18.9 Å². The maximum Gasteiger partial charge on any atom is 0.471 e. The Labute approximate surface area is 184 Å². The van der Waals surface area contributed by atoms with Crippen molar-refractivity contribution in [3.8, 4) is 0 Å². The number of benzene rings is 2. The lowest BCUT2D eigenvalue weighted by Gasteiger charge is -2.29. The number of rotatable bonds is 7. The molecule has 0 saturated heterocycles. The quantitative estimate of drug-likeness (QED) is 0.629. The second-order valence-electron chi connectivity index (χ2n) is 7.90. The molecule has 170 valence electrons. The summed E-state index contributed by atoms with van der Waals surface area (Å²) in [5.41, 5.74) is 1.76. The number of halogens is 3. The van der Waals surface area contributed by atoms with Crippen molar-refractivity contribution in [2.45, 2.75) is 44.8 Å². The summed E-state index contributed by atoms with van der Waals surface area (Å²) in [4.78, 5) is 38.0. The number of nitrogens with zero attached hydrogens (tertiary/aromatic N) is 1. The van der Waals surface area contributed by atoms with E-state index in [1.807, 2.05) is 30.3 Å². The van der Waals surface area contributed by atoms with Crippen LogP contribution >= 0.6 is 0 Å². The van der Waals surface area contributed by atoms with Crippen LogP contribution in [0.3, 0.4) is 0 Å². The van der Waals surface area contributed by atoms with Crippen LogP contribution in [0.5, 0.6) is 0 Å². The van der Waals surface area contributed by atoms with E-state index in [4.69, 9.17) is 0 Å². The molecule has 0 atom stereocenters. The van der Waals surface area contributed by atoms with Gasteiger partial charge in [-0.25, -0.2) is 0 Å². The number of amides is 2. The summed E-state index contributed by atoms with van der Waals surface area (Å²) >= 11 is 0. The summed E-state index contributed by atoms with van der Waals surface area (Å²) in [5.74, 6) is -2.72. The molecule has 2 aromatic carbocycles. The lowest BCUT2D eigenvalue weighted by atomic mass is 9.88. The first-order valence-corrected chi connectivity index (χ1v) is 10.6. The number of nitrogens with one attached hydrogen (secondary N) is 1. The van der Waals surface area contributed by atoms with Crippen LogP contribution in [0, 0.1) is 5.92 Å². The van der Waals surface area contributed by atoms with E-state index in [9.17, 15) is 27.6 Å². The fraction of sp³-hybridized carbons (Fsp3) is 0.375. The van der Waals surface area contributed by atoms with Crippen molar-refractivity contribution in [1.29, 1.82) is 0 Å². The zero-order valence-electron chi connectivity index (χ0n) is 17.5. The van der Waals surface area contributed by atoms with Crippen LogP contribution in [0.15, 0.2) is 54.6 Å². The molecule has 5 nitrogen and oxygen atoms in total. The summed E-state index contributed by atoms with van der Waals surface area (Å²) in [6.07, 6.45) is -0.0517. The van der Waals surface area contributed by atoms with Gasteiger partial charge in [0.15, 0.2) is 5.78 Å². The van der Waals surface area contributed by atoms with Gasteiger partial charge >= 0.3 is 12.1 Å². The maximum atomic E-state index is 13.2. The summed E-state index contributed by atoms with van der Waals surface area (Å²) in [6, 6.07) is 15.7. The Morgan fingerprint density at radius 3 is 2.12 bits per heavy atom. The number of hydrogen-bond acceptors (Lipinski definition) is 3. The molecule has 0 spiro atoms. The van der Waals surface area contributed by atoms with E-state index in [0.717, 1.165) is 43.4 Å². The van der Waals surface area contributed by atoms with Crippen LogP contribution in [-0.4, -0.2) is 30.3 Å². The number of hydrogen-bond donors (Lipinski definition) is 1. The van der Waals surface area contributed by atoms with Crippen LogP contribution in [0.2, 0.25) is 0 Å². The van der Waals surface area contributed by atoms with E-state index in [-0.39, 0.29) is 17.4 Å². The molecule has 1 aliphatic rings. The first kappa shape index (κ1) is 23.5. The van der Waals surface area contributed by atoms with E-state index >= 15 is 0 Å². The van der Waals surface area contributed by atoms with E-state index in [2.05, 4.69) is 0 Å². The monoisotopic (exact) mass is 446 g/mol. The molecule has 2 aromatic rings. The lowest BCUT2D eigenvalue weighted by Crippen LogP contribution is -2.39. The van der Waals surface area contributed by atoms with Gasteiger partial charge in [0.2, 0.25) is 5.91 Å². The molecule has 8 heteroatoms. The fourth-order valence-corrected chi connectivity index (χ4v) is 3.82. The molecule has 0 bridgehead atoms. The Bertz CT molecular complexity index is 937. The van der Waals surface area contributed by atoms with Gasteiger partial charge in [0.05, 0.1) is 13.1 Å². The summed E-state index contributed by atoms with van der Waals surface area (Å²) in [7, 11) is 0. The van der Waals surface area contributed by atoms with E-state index < -0.39 is 24.4 Å². The van der Waals surface area contributed by atoms with Gasteiger partial charge in [-0.2, -0.15) is 13.2 Å². The van der Waals surface area contributed by atoms with Gasteiger partial charge in [0, 0.05) is 17.2 Å². The molecule has 1 saturated carbocycles. The third-order valence-corrected chi connectivity index (χ3v) is 5.57. The Kier molecular flexibility index (Phi) is 7.66. The third kappa shape index (κ3) is 6.18. The Morgan fingerprint density at radius 2 is 1.53 bits per heavy atom. The molecule has 1 fully saturated rings. The SMILES string of the molecule is O=C(CNC(=O)C(F)(F)F)c1ccc(CN(C(=O)C2CCCCC2)c2ccccc2)cc1. The van der Waals surface area contributed by atoms with Gasteiger partial charge in [0.25, 0.3) is 0 Å². The van der Waals surface area contributed by atoms with Crippen LogP contribution in [-0.2, 0) is 16.1 Å². The minimum Gasteiger partial charge on any atom is -0.341 e. The van der Waals surface area contributed by atoms with Crippen molar-refractivity contribution in [3.63, 3.8) is 0 Å². The number of ketones is 1. The molecular weight excluding hydrogens is 421 g/mol. The maximum absolute atomic E-state index is 13.2.